The second-order valence-corrected chi connectivity index (χ2v) is 7.08. The van der Waals surface area contributed by atoms with E-state index >= 15 is 0 Å². The summed E-state index contributed by atoms with van der Waals surface area (Å²) in [7, 11) is 0. The lowest BCUT2D eigenvalue weighted by Crippen LogP contribution is -2.31. The highest BCUT2D eigenvalue weighted by Gasteiger charge is 2.27. The molecule has 0 radical (unpaired) electrons. The zero-order valence-corrected chi connectivity index (χ0v) is 12.5. The second kappa shape index (κ2) is 6.71. The number of hydrogen-bond donors (Lipinski definition) is 1. The minimum Gasteiger partial charge on any atom is -0.309 e. The predicted molar refractivity (Wildman–Crippen MR) is 83.5 cm³/mol. The lowest BCUT2D eigenvalue weighted by Gasteiger charge is -2.27. The van der Waals surface area contributed by atoms with Crippen LogP contribution < -0.4 is 5.32 Å². The van der Waals surface area contributed by atoms with Crippen LogP contribution in [0.15, 0.2) is 29.7 Å². The molecular weight excluding hydrogens is 250 g/mol. The van der Waals surface area contributed by atoms with Gasteiger partial charge in [-0.1, -0.05) is 31.1 Å². The molecule has 0 saturated heterocycles. The third-order valence-electron chi connectivity index (χ3n) is 4.73. The minimum atomic E-state index is 0.619. The SMILES string of the molecule is C1=CCC(CNC(c2cccs2)C2CCCC2)CC1. The largest absolute Gasteiger partial charge is 0.309 e. The van der Waals surface area contributed by atoms with Crippen molar-refractivity contribution in [2.24, 2.45) is 11.8 Å². The second-order valence-electron chi connectivity index (χ2n) is 6.10. The van der Waals surface area contributed by atoms with E-state index in [2.05, 4.69) is 35.0 Å². The topological polar surface area (TPSA) is 12.0 Å². The standard InChI is InChI=1S/C17H25NS/c1-2-7-14(8-3-1)13-18-17(15-9-4-5-10-15)16-11-6-12-19-16/h1-2,6,11-12,14-15,17-18H,3-5,7-10,13H2. The van der Waals surface area contributed by atoms with Gasteiger partial charge in [-0.05, 0) is 61.9 Å². The van der Waals surface area contributed by atoms with Crippen molar-refractivity contribution in [3.05, 3.63) is 34.5 Å². The molecule has 3 rings (SSSR count). The van der Waals surface area contributed by atoms with Gasteiger partial charge in [0.1, 0.15) is 0 Å². The Hall–Kier alpha value is -0.600. The molecule has 0 bridgehead atoms. The van der Waals surface area contributed by atoms with Crippen molar-refractivity contribution in [1.82, 2.24) is 5.32 Å². The van der Waals surface area contributed by atoms with Crippen LogP contribution in [0.4, 0.5) is 0 Å². The summed E-state index contributed by atoms with van der Waals surface area (Å²) < 4.78 is 0. The number of thiophene rings is 1. The first-order valence-electron chi connectivity index (χ1n) is 7.85. The Balaban J connectivity index is 1.60. The van der Waals surface area contributed by atoms with Gasteiger partial charge < -0.3 is 5.32 Å². The van der Waals surface area contributed by atoms with Crippen molar-refractivity contribution in [3.8, 4) is 0 Å². The first-order valence-corrected chi connectivity index (χ1v) is 8.73. The number of allylic oxidation sites excluding steroid dienone is 2. The van der Waals surface area contributed by atoms with Crippen LogP contribution in [-0.2, 0) is 0 Å². The molecule has 1 aromatic heterocycles. The lowest BCUT2D eigenvalue weighted by molar-refractivity contribution is 0.333. The molecule has 2 aliphatic rings. The highest BCUT2D eigenvalue weighted by molar-refractivity contribution is 7.10. The van der Waals surface area contributed by atoms with Crippen LogP contribution in [0.3, 0.4) is 0 Å². The zero-order chi connectivity index (χ0) is 12.9. The fourth-order valence-electron chi connectivity index (χ4n) is 3.59. The average molecular weight is 275 g/mol. The smallest absolute Gasteiger partial charge is 0.0443 e. The molecule has 0 aromatic carbocycles. The fourth-order valence-corrected chi connectivity index (χ4v) is 4.49. The van der Waals surface area contributed by atoms with Gasteiger partial charge in [0, 0.05) is 10.9 Å². The van der Waals surface area contributed by atoms with Gasteiger partial charge in [0.05, 0.1) is 0 Å². The van der Waals surface area contributed by atoms with Gasteiger partial charge in [0.15, 0.2) is 0 Å². The van der Waals surface area contributed by atoms with E-state index < -0.39 is 0 Å². The Labute approximate surface area is 121 Å². The Morgan fingerprint density at radius 1 is 1.21 bits per heavy atom. The van der Waals surface area contributed by atoms with E-state index in [1.165, 1.54) is 51.5 Å². The molecule has 0 amide bonds. The monoisotopic (exact) mass is 275 g/mol. The van der Waals surface area contributed by atoms with Gasteiger partial charge in [0.25, 0.3) is 0 Å². The molecular formula is C17H25NS. The van der Waals surface area contributed by atoms with Crippen molar-refractivity contribution < 1.29 is 0 Å². The van der Waals surface area contributed by atoms with Crippen LogP contribution in [0.25, 0.3) is 0 Å². The van der Waals surface area contributed by atoms with E-state index in [9.17, 15) is 0 Å². The summed E-state index contributed by atoms with van der Waals surface area (Å²) in [5.41, 5.74) is 0. The van der Waals surface area contributed by atoms with E-state index in [4.69, 9.17) is 0 Å². The maximum atomic E-state index is 3.91. The van der Waals surface area contributed by atoms with Gasteiger partial charge in [-0.3, -0.25) is 0 Å². The quantitative estimate of drug-likeness (QED) is 0.752. The van der Waals surface area contributed by atoms with Crippen LogP contribution in [-0.4, -0.2) is 6.54 Å². The molecule has 19 heavy (non-hydrogen) atoms. The summed E-state index contributed by atoms with van der Waals surface area (Å²) in [5, 5.41) is 6.13. The molecule has 1 aromatic rings. The van der Waals surface area contributed by atoms with Gasteiger partial charge >= 0.3 is 0 Å². The molecule has 2 unspecified atom stereocenters. The van der Waals surface area contributed by atoms with Gasteiger partial charge in [0.2, 0.25) is 0 Å². The van der Waals surface area contributed by atoms with Crippen molar-refractivity contribution >= 4 is 11.3 Å². The molecule has 0 aliphatic heterocycles. The molecule has 104 valence electrons. The molecule has 1 heterocycles. The van der Waals surface area contributed by atoms with Crippen molar-refractivity contribution in [2.45, 2.75) is 51.0 Å². The number of hydrogen-bond acceptors (Lipinski definition) is 2. The van der Waals surface area contributed by atoms with Gasteiger partial charge in [-0.15, -0.1) is 11.3 Å². The van der Waals surface area contributed by atoms with E-state index in [1.54, 1.807) is 4.88 Å². The first-order chi connectivity index (χ1) is 9.43. The molecule has 1 N–H and O–H groups in total. The third-order valence-corrected chi connectivity index (χ3v) is 5.68. The molecule has 1 nitrogen and oxygen atoms in total. The summed E-state index contributed by atoms with van der Waals surface area (Å²) in [5.74, 6) is 1.73. The highest BCUT2D eigenvalue weighted by atomic mass is 32.1. The highest BCUT2D eigenvalue weighted by Crippen LogP contribution is 2.37. The zero-order valence-electron chi connectivity index (χ0n) is 11.7. The molecule has 2 aliphatic carbocycles. The maximum Gasteiger partial charge on any atom is 0.0443 e. The first kappa shape index (κ1) is 13.4. The van der Waals surface area contributed by atoms with Crippen molar-refractivity contribution in [1.29, 1.82) is 0 Å². The molecule has 1 fully saturated rings. The van der Waals surface area contributed by atoms with Crippen LogP contribution >= 0.6 is 11.3 Å². The van der Waals surface area contributed by atoms with E-state index in [0.29, 0.717) is 6.04 Å². The lowest BCUT2D eigenvalue weighted by atomic mass is 9.92. The predicted octanol–water partition coefficient (Wildman–Crippen LogP) is 4.93. The Kier molecular flexibility index (Phi) is 4.73. The van der Waals surface area contributed by atoms with Crippen molar-refractivity contribution in [3.63, 3.8) is 0 Å². The number of nitrogens with one attached hydrogen (secondary N) is 1. The summed E-state index contributed by atoms with van der Waals surface area (Å²) in [6.45, 7) is 1.20. The van der Waals surface area contributed by atoms with Crippen LogP contribution in [0, 0.1) is 11.8 Å². The van der Waals surface area contributed by atoms with Crippen molar-refractivity contribution in [2.75, 3.05) is 6.54 Å². The molecule has 2 heteroatoms. The summed E-state index contributed by atoms with van der Waals surface area (Å²) in [6, 6.07) is 5.14. The van der Waals surface area contributed by atoms with Gasteiger partial charge in [-0.2, -0.15) is 0 Å². The van der Waals surface area contributed by atoms with E-state index in [0.717, 1.165) is 11.8 Å². The molecule has 2 atom stereocenters. The average Bonchev–Trinajstić information content (AvgIpc) is 3.13. The van der Waals surface area contributed by atoms with Crippen LogP contribution in [0.2, 0.25) is 0 Å². The number of rotatable bonds is 5. The Bertz CT molecular complexity index is 389. The fraction of sp³-hybridized carbons (Fsp3) is 0.647. The summed E-state index contributed by atoms with van der Waals surface area (Å²) in [4.78, 5) is 1.55. The molecule has 1 saturated carbocycles. The molecule has 0 spiro atoms. The summed E-state index contributed by atoms with van der Waals surface area (Å²) in [6.07, 6.45) is 14.3. The van der Waals surface area contributed by atoms with Crippen LogP contribution in [0.1, 0.15) is 55.9 Å². The minimum absolute atomic E-state index is 0.619. The van der Waals surface area contributed by atoms with Gasteiger partial charge in [-0.25, -0.2) is 0 Å². The van der Waals surface area contributed by atoms with E-state index in [1.807, 2.05) is 11.3 Å². The van der Waals surface area contributed by atoms with E-state index in [-0.39, 0.29) is 0 Å². The normalized spacial score (nSPS) is 25.8. The van der Waals surface area contributed by atoms with Crippen LogP contribution in [0.5, 0.6) is 0 Å². The Morgan fingerprint density at radius 2 is 2.11 bits per heavy atom. The Morgan fingerprint density at radius 3 is 2.79 bits per heavy atom. The third kappa shape index (κ3) is 3.49. The summed E-state index contributed by atoms with van der Waals surface area (Å²) >= 11 is 1.93. The maximum absolute atomic E-state index is 3.91.